The maximum atomic E-state index is 11.8. The Labute approximate surface area is 102 Å². The number of aromatic amines is 1. The van der Waals surface area contributed by atoms with Crippen molar-refractivity contribution in [2.75, 3.05) is 5.43 Å². The molecule has 2 rings (SSSR count). The molecule has 2 aromatic heterocycles. The summed E-state index contributed by atoms with van der Waals surface area (Å²) in [6, 6.07) is 0. The Balaban J connectivity index is 2.25. The molecule has 0 fully saturated rings. The molecule has 0 unspecified atom stereocenters. The number of carbonyl (C=O) groups excluding carboxylic acids is 1. The second-order valence-corrected chi connectivity index (χ2v) is 3.55. The minimum absolute atomic E-state index is 0.220. The van der Waals surface area contributed by atoms with Crippen molar-refractivity contribution >= 4 is 18.1 Å². The lowest BCUT2D eigenvalue weighted by Gasteiger charge is -2.06. The number of hydrogen-bond donors (Lipinski definition) is 2. The fraction of sp³-hybridized carbons (Fsp3) is 0.222. The third-order valence-electron chi connectivity index (χ3n) is 2.07. The first-order valence-electron chi connectivity index (χ1n) is 4.96. The molecule has 7 nitrogen and oxygen atoms in total. The standard InChI is InChI=1S/C9H10N6OS/c1-2-7-12-13-9(17)15(7)14-8(16)6-5-10-3-4-11-6/h3-5H,2H2,1H3,(H,13,17)(H,14,16). The molecule has 0 radical (unpaired) electrons. The number of nitrogens with zero attached hydrogens (tertiary/aromatic N) is 4. The summed E-state index contributed by atoms with van der Waals surface area (Å²) >= 11 is 5.00. The van der Waals surface area contributed by atoms with Crippen molar-refractivity contribution in [3.63, 3.8) is 0 Å². The molecular formula is C9H10N6OS. The highest BCUT2D eigenvalue weighted by molar-refractivity contribution is 7.71. The van der Waals surface area contributed by atoms with E-state index >= 15 is 0 Å². The monoisotopic (exact) mass is 250 g/mol. The SMILES string of the molecule is CCc1n[nH]c(=S)n1NC(=O)c1cnccn1. The van der Waals surface area contributed by atoms with Crippen LogP contribution in [0.25, 0.3) is 0 Å². The van der Waals surface area contributed by atoms with Gasteiger partial charge in [-0.05, 0) is 12.2 Å². The normalized spacial score (nSPS) is 10.2. The lowest BCUT2D eigenvalue weighted by molar-refractivity contribution is 0.100. The van der Waals surface area contributed by atoms with E-state index in [9.17, 15) is 4.79 Å². The Kier molecular flexibility index (Phi) is 3.24. The van der Waals surface area contributed by atoms with Crippen molar-refractivity contribution in [3.8, 4) is 0 Å². The lowest BCUT2D eigenvalue weighted by Crippen LogP contribution is -2.25. The van der Waals surface area contributed by atoms with Crippen LogP contribution in [0.1, 0.15) is 23.2 Å². The van der Waals surface area contributed by atoms with Crippen molar-refractivity contribution < 1.29 is 4.79 Å². The van der Waals surface area contributed by atoms with Gasteiger partial charge in [0, 0.05) is 18.8 Å². The first kappa shape index (κ1) is 11.4. The predicted octanol–water partition coefficient (Wildman–Crippen LogP) is 0.677. The molecule has 0 aromatic carbocycles. The fourth-order valence-electron chi connectivity index (χ4n) is 1.26. The second-order valence-electron chi connectivity index (χ2n) is 3.17. The Morgan fingerprint density at radius 1 is 1.59 bits per heavy atom. The smallest absolute Gasteiger partial charge is 0.266 e. The third-order valence-corrected chi connectivity index (χ3v) is 2.34. The predicted molar refractivity (Wildman–Crippen MR) is 62.5 cm³/mol. The van der Waals surface area contributed by atoms with Gasteiger partial charge < -0.3 is 0 Å². The van der Waals surface area contributed by atoms with Crippen LogP contribution in [0.2, 0.25) is 0 Å². The number of aromatic nitrogens is 5. The number of nitrogens with one attached hydrogen (secondary N) is 2. The van der Waals surface area contributed by atoms with E-state index < -0.39 is 0 Å². The van der Waals surface area contributed by atoms with Gasteiger partial charge in [0.25, 0.3) is 5.91 Å². The summed E-state index contributed by atoms with van der Waals surface area (Å²) in [6.45, 7) is 1.91. The van der Waals surface area contributed by atoms with E-state index in [2.05, 4.69) is 25.6 Å². The maximum absolute atomic E-state index is 11.8. The summed E-state index contributed by atoms with van der Waals surface area (Å²) < 4.78 is 1.76. The number of hydrogen-bond acceptors (Lipinski definition) is 5. The molecule has 2 heterocycles. The molecule has 0 atom stereocenters. The van der Waals surface area contributed by atoms with Gasteiger partial charge in [-0.1, -0.05) is 6.92 Å². The molecule has 2 N–H and O–H groups in total. The van der Waals surface area contributed by atoms with Crippen molar-refractivity contribution in [2.24, 2.45) is 0 Å². The van der Waals surface area contributed by atoms with E-state index in [0.29, 0.717) is 17.0 Å². The second kappa shape index (κ2) is 4.83. The quantitative estimate of drug-likeness (QED) is 0.782. The number of amides is 1. The number of aryl methyl sites for hydroxylation is 1. The zero-order valence-corrected chi connectivity index (χ0v) is 9.86. The van der Waals surface area contributed by atoms with Crippen LogP contribution in [-0.4, -0.2) is 30.7 Å². The molecule has 0 aliphatic heterocycles. The Morgan fingerprint density at radius 3 is 3.06 bits per heavy atom. The van der Waals surface area contributed by atoms with Gasteiger partial charge in [0.05, 0.1) is 6.20 Å². The average molecular weight is 250 g/mol. The van der Waals surface area contributed by atoms with E-state index in [1.54, 1.807) is 0 Å². The number of carbonyl (C=O) groups is 1. The molecule has 0 saturated heterocycles. The number of rotatable bonds is 3. The van der Waals surface area contributed by atoms with Gasteiger partial charge in [0.15, 0.2) is 5.82 Å². The molecule has 8 heteroatoms. The summed E-state index contributed by atoms with van der Waals surface area (Å²) in [6.07, 6.45) is 4.97. The molecule has 17 heavy (non-hydrogen) atoms. The van der Waals surface area contributed by atoms with Crippen LogP contribution in [0, 0.1) is 4.77 Å². The van der Waals surface area contributed by atoms with E-state index in [1.807, 2.05) is 6.92 Å². The fourth-order valence-corrected chi connectivity index (χ4v) is 1.45. The highest BCUT2D eigenvalue weighted by Gasteiger charge is 2.10. The van der Waals surface area contributed by atoms with E-state index in [1.165, 1.54) is 23.3 Å². The average Bonchev–Trinajstić information content (AvgIpc) is 2.71. The van der Waals surface area contributed by atoms with E-state index in [4.69, 9.17) is 12.2 Å². The van der Waals surface area contributed by atoms with Crippen molar-refractivity contribution in [2.45, 2.75) is 13.3 Å². The zero-order chi connectivity index (χ0) is 12.3. The molecule has 0 spiro atoms. The van der Waals surface area contributed by atoms with Crippen LogP contribution in [-0.2, 0) is 6.42 Å². The number of H-pyrrole nitrogens is 1. The molecule has 0 bridgehead atoms. The highest BCUT2D eigenvalue weighted by atomic mass is 32.1. The van der Waals surface area contributed by atoms with Gasteiger partial charge in [0.2, 0.25) is 4.77 Å². The van der Waals surface area contributed by atoms with Crippen LogP contribution < -0.4 is 5.43 Å². The Hall–Kier alpha value is -2.09. The van der Waals surface area contributed by atoms with Gasteiger partial charge in [-0.25, -0.2) is 9.66 Å². The van der Waals surface area contributed by atoms with Crippen molar-refractivity contribution in [1.29, 1.82) is 0 Å². The van der Waals surface area contributed by atoms with Gasteiger partial charge in [0.1, 0.15) is 5.69 Å². The Bertz CT molecular complexity index is 575. The van der Waals surface area contributed by atoms with Gasteiger partial charge in [-0.15, -0.1) is 0 Å². The minimum Gasteiger partial charge on any atom is -0.266 e. The molecule has 0 aliphatic rings. The van der Waals surface area contributed by atoms with Crippen LogP contribution in [0.4, 0.5) is 0 Å². The van der Waals surface area contributed by atoms with Gasteiger partial charge in [-0.3, -0.25) is 20.3 Å². The molecule has 2 aromatic rings. The van der Waals surface area contributed by atoms with Crippen molar-refractivity contribution in [3.05, 3.63) is 34.9 Å². The van der Waals surface area contributed by atoms with Crippen LogP contribution in [0.15, 0.2) is 18.6 Å². The highest BCUT2D eigenvalue weighted by Crippen LogP contribution is 1.98. The summed E-state index contributed by atoms with van der Waals surface area (Å²) in [5.41, 5.74) is 2.82. The molecule has 0 saturated carbocycles. The molecular weight excluding hydrogens is 240 g/mol. The minimum atomic E-state index is -0.384. The first-order valence-corrected chi connectivity index (χ1v) is 5.37. The van der Waals surface area contributed by atoms with E-state index in [0.717, 1.165) is 0 Å². The van der Waals surface area contributed by atoms with E-state index in [-0.39, 0.29) is 11.6 Å². The largest absolute Gasteiger partial charge is 0.290 e. The van der Waals surface area contributed by atoms with Gasteiger partial charge in [-0.2, -0.15) is 5.10 Å². The lowest BCUT2D eigenvalue weighted by atomic mass is 10.4. The summed E-state index contributed by atoms with van der Waals surface area (Å²) in [7, 11) is 0. The van der Waals surface area contributed by atoms with Crippen LogP contribution >= 0.6 is 12.2 Å². The third kappa shape index (κ3) is 2.36. The molecule has 1 amide bonds. The van der Waals surface area contributed by atoms with Crippen LogP contribution in [0.5, 0.6) is 0 Å². The molecule has 0 aliphatic carbocycles. The maximum Gasteiger partial charge on any atom is 0.290 e. The summed E-state index contributed by atoms with van der Waals surface area (Å²) in [5.74, 6) is 0.262. The van der Waals surface area contributed by atoms with Gasteiger partial charge >= 0.3 is 0 Å². The Morgan fingerprint density at radius 2 is 2.41 bits per heavy atom. The zero-order valence-electron chi connectivity index (χ0n) is 9.04. The summed E-state index contributed by atoms with van der Waals surface area (Å²) in [4.78, 5) is 19.5. The van der Waals surface area contributed by atoms with Crippen LogP contribution in [0.3, 0.4) is 0 Å². The summed E-state index contributed by atoms with van der Waals surface area (Å²) in [5, 5.41) is 6.59. The molecule has 88 valence electrons. The van der Waals surface area contributed by atoms with Crippen molar-refractivity contribution in [1.82, 2.24) is 24.8 Å². The topological polar surface area (TPSA) is 88.5 Å². The first-order chi connectivity index (χ1) is 8.22.